The number of nitrogens with zero attached hydrogens (tertiary/aromatic N) is 1. The van der Waals surface area contributed by atoms with Gasteiger partial charge in [-0.25, -0.2) is 0 Å². The molecule has 3 heteroatoms. The first kappa shape index (κ1) is 11.6. The number of benzene rings is 1. The number of rotatable bonds is 4. The summed E-state index contributed by atoms with van der Waals surface area (Å²) in [6.07, 6.45) is 0. The molecule has 82 valence electrons. The van der Waals surface area contributed by atoms with Crippen molar-refractivity contribution in [3.05, 3.63) is 24.3 Å². The predicted molar refractivity (Wildman–Crippen MR) is 61.3 cm³/mol. The van der Waals surface area contributed by atoms with Crippen molar-refractivity contribution in [1.29, 1.82) is 0 Å². The van der Waals surface area contributed by atoms with Gasteiger partial charge in [0.2, 0.25) is 5.91 Å². The molecule has 1 aromatic rings. The second-order valence-corrected chi connectivity index (χ2v) is 3.16. The highest BCUT2D eigenvalue weighted by molar-refractivity contribution is 5.93. The molecule has 0 aliphatic rings. The molecular formula is C12H17NO2. The molecule has 0 heterocycles. The molecule has 1 rings (SSSR count). The number of hydrogen-bond acceptors (Lipinski definition) is 2. The van der Waals surface area contributed by atoms with Crippen molar-refractivity contribution in [1.82, 2.24) is 0 Å². The quantitative estimate of drug-likeness (QED) is 0.759. The second-order valence-electron chi connectivity index (χ2n) is 3.16. The second kappa shape index (κ2) is 5.39. The van der Waals surface area contributed by atoms with Crippen LogP contribution in [0.1, 0.15) is 20.8 Å². The first-order valence-electron chi connectivity index (χ1n) is 5.20. The number of amides is 1. The lowest BCUT2D eigenvalue weighted by atomic mass is 10.2. The maximum absolute atomic E-state index is 11.4. The minimum Gasteiger partial charge on any atom is -0.492 e. The summed E-state index contributed by atoms with van der Waals surface area (Å²) < 4.78 is 5.48. The Kier molecular flexibility index (Phi) is 4.16. The summed E-state index contributed by atoms with van der Waals surface area (Å²) in [7, 11) is 0. The number of carbonyl (C=O) groups excluding carboxylic acids is 1. The molecule has 0 fully saturated rings. The Morgan fingerprint density at radius 1 is 1.33 bits per heavy atom. The van der Waals surface area contributed by atoms with Crippen molar-refractivity contribution >= 4 is 11.6 Å². The molecule has 0 aliphatic heterocycles. The Hall–Kier alpha value is -1.51. The maximum atomic E-state index is 11.4. The molecule has 0 saturated heterocycles. The molecule has 0 saturated carbocycles. The van der Waals surface area contributed by atoms with Gasteiger partial charge < -0.3 is 9.64 Å². The third-order valence-corrected chi connectivity index (χ3v) is 2.15. The lowest BCUT2D eigenvalue weighted by Gasteiger charge is -2.21. The van der Waals surface area contributed by atoms with Crippen molar-refractivity contribution in [2.75, 3.05) is 18.1 Å². The summed E-state index contributed by atoms with van der Waals surface area (Å²) in [6, 6.07) is 7.59. The molecule has 15 heavy (non-hydrogen) atoms. The smallest absolute Gasteiger partial charge is 0.223 e. The topological polar surface area (TPSA) is 29.5 Å². The highest BCUT2D eigenvalue weighted by Gasteiger charge is 2.13. The van der Waals surface area contributed by atoms with Gasteiger partial charge in [-0.05, 0) is 26.0 Å². The van der Waals surface area contributed by atoms with Crippen LogP contribution in [0.25, 0.3) is 0 Å². The summed E-state index contributed by atoms with van der Waals surface area (Å²) in [5.74, 6) is 0.793. The summed E-state index contributed by atoms with van der Waals surface area (Å²) in [6.45, 7) is 6.70. The van der Waals surface area contributed by atoms with Crippen molar-refractivity contribution in [3.8, 4) is 5.75 Å². The van der Waals surface area contributed by atoms with Gasteiger partial charge >= 0.3 is 0 Å². The van der Waals surface area contributed by atoms with E-state index >= 15 is 0 Å². The van der Waals surface area contributed by atoms with Crippen molar-refractivity contribution in [3.63, 3.8) is 0 Å². The molecule has 0 atom stereocenters. The van der Waals surface area contributed by atoms with Crippen LogP contribution in [0.15, 0.2) is 24.3 Å². The fraction of sp³-hybridized carbons (Fsp3) is 0.417. The molecule has 0 spiro atoms. The summed E-state index contributed by atoms with van der Waals surface area (Å²) in [5.41, 5.74) is 0.842. The molecular weight excluding hydrogens is 190 g/mol. The molecule has 1 aromatic carbocycles. The summed E-state index contributed by atoms with van der Waals surface area (Å²) in [5, 5.41) is 0. The molecule has 0 radical (unpaired) electrons. The lowest BCUT2D eigenvalue weighted by Crippen LogP contribution is -2.28. The average Bonchev–Trinajstić information content (AvgIpc) is 2.21. The van der Waals surface area contributed by atoms with Gasteiger partial charge in [0.1, 0.15) is 5.75 Å². The molecule has 0 N–H and O–H groups in total. The molecule has 1 amide bonds. The largest absolute Gasteiger partial charge is 0.492 e. The van der Waals surface area contributed by atoms with Gasteiger partial charge in [-0.2, -0.15) is 0 Å². The predicted octanol–water partition coefficient (Wildman–Crippen LogP) is 2.46. The summed E-state index contributed by atoms with van der Waals surface area (Å²) in [4.78, 5) is 13.1. The van der Waals surface area contributed by atoms with E-state index in [4.69, 9.17) is 4.74 Å². The monoisotopic (exact) mass is 207 g/mol. The number of para-hydroxylation sites is 2. The Bertz CT molecular complexity index is 336. The van der Waals surface area contributed by atoms with Crippen LogP contribution in [0.2, 0.25) is 0 Å². The summed E-state index contributed by atoms with van der Waals surface area (Å²) >= 11 is 0. The number of hydrogen-bond donors (Lipinski definition) is 0. The highest BCUT2D eigenvalue weighted by Crippen LogP contribution is 2.27. The van der Waals surface area contributed by atoms with Gasteiger partial charge in [-0.1, -0.05) is 12.1 Å². The Morgan fingerprint density at radius 3 is 2.53 bits per heavy atom. The minimum absolute atomic E-state index is 0.0321. The fourth-order valence-electron chi connectivity index (χ4n) is 1.52. The van der Waals surface area contributed by atoms with Gasteiger partial charge in [0.05, 0.1) is 12.3 Å². The number of ether oxygens (including phenoxy) is 1. The highest BCUT2D eigenvalue weighted by atomic mass is 16.5. The standard InChI is InChI=1S/C12H17NO2/c1-4-13(10(3)14)11-8-6-7-9-12(11)15-5-2/h6-9H,4-5H2,1-3H3. The first-order chi connectivity index (χ1) is 7.20. The average molecular weight is 207 g/mol. The lowest BCUT2D eigenvalue weighted by molar-refractivity contribution is -0.116. The number of carbonyl (C=O) groups is 1. The van der Waals surface area contributed by atoms with Crippen LogP contribution in [-0.2, 0) is 4.79 Å². The van der Waals surface area contributed by atoms with E-state index in [1.165, 1.54) is 0 Å². The molecule has 3 nitrogen and oxygen atoms in total. The Morgan fingerprint density at radius 2 is 2.00 bits per heavy atom. The molecule has 0 aromatic heterocycles. The third-order valence-electron chi connectivity index (χ3n) is 2.15. The fourth-order valence-corrected chi connectivity index (χ4v) is 1.52. The number of anilines is 1. The zero-order chi connectivity index (χ0) is 11.3. The van der Waals surface area contributed by atoms with Crippen LogP contribution < -0.4 is 9.64 Å². The van der Waals surface area contributed by atoms with Gasteiger partial charge in [-0.3, -0.25) is 4.79 Å². The van der Waals surface area contributed by atoms with Gasteiger partial charge in [-0.15, -0.1) is 0 Å². The van der Waals surface area contributed by atoms with E-state index in [0.717, 1.165) is 11.4 Å². The van der Waals surface area contributed by atoms with Crippen LogP contribution in [0.3, 0.4) is 0 Å². The van der Waals surface area contributed by atoms with E-state index in [-0.39, 0.29) is 5.91 Å². The van der Waals surface area contributed by atoms with Crippen LogP contribution in [0.5, 0.6) is 5.75 Å². The Balaban J connectivity index is 3.04. The van der Waals surface area contributed by atoms with Crippen molar-refractivity contribution in [2.24, 2.45) is 0 Å². The van der Waals surface area contributed by atoms with Gasteiger partial charge in [0, 0.05) is 13.5 Å². The molecule has 0 unspecified atom stereocenters. The molecule has 0 bridgehead atoms. The SMILES string of the molecule is CCOc1ccccc1N(CC)C(C)=O. The first-order valence-corrected chi connectivity index (χ1v) is 5.20. The zero-order valence-corrected chi connectivity index (χ0v) is 9.49. The van der Waals surface area contributed by atoms with E-state index < -0.39 is 0 Å². The van der Waals surface area contributed by atoms with E-state index in [9.17, 15) is 4.79 Å². The third kappa shape index (κ3) is 2.72. The van der Waals surface area contributed by atoms with Crippen LogP contribution in [-0.4, -0.2) is 19.1 Å². The van der Waals surface area contributed by atoms with E-state index in [1.807, 2.05) is 38.1 Å². The van der Waals surface area contributed by atoms with E-state index in [0.29, 0.717) is 13.2 Å². The maximum Gasteiger partial charge on any atom is 0.223 e. The normalized spacial score (nSPS) is 9.80. The van der Waals surface area contributed by atoms with Gasteiger partial charge in [0.15, 0.2) is 0 Å². The van der Waals surface area contributed by atoms with Crippen LogP contribution in [0.4, 0.5) is 5.69 Å². The van der Waals surface area contributed by atoms with Crippen molar-refractivity contribution < 1.29 is 9.53 Å². The van der Waals surface area contributed by atoms with Crippen molar-refractivity contribution in [2.45, 2.75) is 20.8 Å². The van der Waals surface area contributed by atoms with Gasteiger partial charge in [0.25, 0.3) is 0 Å². The molecule has 0 aliphatic carbocycles. The Labute approximate surface area is 90.7 Å². The van der Waals surface area contributed by atoms with Crippen LogP contribution >= 0.6 is 0 Å². The van der Waals surface area contributed by atoms with E-state index in [1.54, 1.807) is 11.8 Å². The van der Waals surface area contributed by atoms with Crippen LogP contribution in [0, 0.1) is 0 Å². The zero-order valence-electron chi connectivity index (χ0n) is 9.49. The minimum atomic E-state index is 0.0321. The van der Waals surface area contributed by atoms with E-state index in [2.05, 4.69) is 0 Å².